The summed E-state index contributed by atoms with van der Waals surface area (Å²) in [6.45, 7) is 0. The van der Waals surface area contributed by atoms with Gasteiger partial charge in [-0.2, -0.15) is 5.10 Å². The quantitative estimate of drug-likeness (QED) is 0.561. The van der Waals surface area contributed by atoms with E-state index >= 15 is 0 Å². The highest BCUT2D eigenvalue weighted by molar-refractivity contribution is 5.81. The molecule has 0 radical (unpaired) electrons. The number of nitrogens with one attached hydrogen (secondary N) is 2. The second kappa shape index (κ2) is 5.67. The van der Waals surface area contributed by atoms with Crippen molar-refractivity contribution in [2.45, 2.75) is 0 Å². The van der Waals surface area contributed by atoms with E-state index in [1.54, 1.807) is 12.1 Å². The number of ether oxygens (including phenoxy) is 1. The number of hydrogen-bond donors (Lipinski definition) is 3. The van der Waals surface area contributed by atoms with Crippen LogP contribution in [0.2, 0.25) is 0 Å². The van der Waals surface area contributed by atoms with Crippen molar-refractivity contribution < 1.29 is 9.84 Å². The summed E-state index contributed by atoms with van der Waals surface area (Å²) < 4.78 is 4.97. The first-order valence-electron chi connectivity index (χ1n) is 5.40. The summed E-state index contributed by atoms with van der Waals surface area (Å²) in [4.78, 5) is 17.4. The van der Waals surface area contributed by atoms with Gasteiger partial charge in [-0.25, -0.2) is 10.4 Å². The predicted molar refractivity (Wildman–Crippen MR) is 70.7 cm³/mol. The molecule has 0 unspecified atom stereocenters. The number of hydrazone groups is 1. The summed E-state index contributed by atoms with van der Waals surface area (Å²) in [6, 6.07) is 6.11. The molecule has 1 aromatic carbocycles. The van der Waals surface area contributed by atoms with Crippen molar-refractivity contribution in [3.05, 3.63) is 46.4 Å². The highest BCUT2D eigenvalue weighted by Crippen LogP contribution is 2.25. The Bertz CT molecular complexity index is 651. The van der Waals surface area contributed by atoms with E-state index in [1.807, 2.05) is 0 Å². The van der Waals surface area contributed by atoms with Crippen LogP contribution >= 0.6 is 0 Å². The maximum absolute atomic E-state index is 11.0. The van der Waals surface area contributed by atoms with Crippen LogP contribution in [0.4, 0.5) is 5.95 Å². The summed E-state index contributed by atoms with van der Waals surface area (Å²) in [5.41, 5.74) is 3.04. The number of aromatic nitrogens is 2. The Morgan fingerprint density at radius 2 is 2.32 bits per heavy atom. The zero-order valence-electron chi connectivity index (χ0n) is 10.1. The van der Waals surface area contributed by atoms with Crippen molar-refractivity contribution in [2.24, 2.45) is 5.10 Å². The van der Waals surface area contributed by atoms with Crippen LogP contribution in [0.5, 0.6) is 11.5 Å². The van der Waals surface area contributed by atoms with E-state index in [4.69, 9.17) is 4.74 Å². The number of anilines is 1. The monoisotopic (exact) mass is 260 g/mol. The van der Waals surface area contributed by atoms with Crippen LogP contribution < -0.4 is 15.7 Å². The molecule has 98 valence electrons. The molecule has 0 fully saturated rings. The van der Waals surface area contributed by atoms with Gasteiger partial charge in [-0.15, -0.1) is 0 Å². The number of methoxy groups -OCH3 is 1. The standard InChI is InChI=1S/C12H12N4O3/c1-19-10-6-8(2-3-9(10)17)7-14-16-12-13-5-4-11(18)15-12/h2-7,17H,1H3,(H2,13,15,16,18)/b14-7-. The molecule has 0 aliphatic heterocycles. The molecule has 2 rings (SSSR count). The predicted octanol–water partition coefficient (Wildman–Crippen LogP) is 0.930. The SMILES string of the molecule is COc1cc(/C=N\Nc2nccc(=O)[nH]2)ccc1O. The molecular formula is C12H12N4O3. The van der Waals surface area contributed by atoms with Crippen molar-refractivity contribution in [3.63, 3.8) is 0 Å². The summed E-state index contributed by atoms with van der Waals surface area (Å²) >= 11 is 0. The fourth-order valence-electron chi connectivity index (χ4n) is 1.37. The second-order valence-electron chi connectivity index (χ2n) is 3.58. The van der Waals surface area contributed by atoms with Crippen LogP contribution in [-0.2, 0) is 0 Å². The Morgan fingerprint density at radius 3 is 3.05 bits per heavy atom. The first-order valence-corrected chi connectivity index (χ1v) is 5.40. The van der Waals surface area contributed by atoms with E-state index in [2.05, 4.69) is 20.5 Å². The van der Waals surface area contributed by atoms with Gasteiger partial charge in [-0.05, 0) is 23.8 Å². The van der Waals surface area contributed by atoms with Crippen molar-refractivity contribution in [2.75, 3.05) is 12.5 Å². The van der Waals surface area contributed by atoms with Gasteiger partial charge in [0.25, 0.3) is 5.56 Å². The van der Waals surface area contributed by atoms with Crippen LogP contribution in [-0.4, -0.2) is 28.4 Å². The van der Waals surface area contributed by atoms with E-state index in [0.717, 1.165) is 5.56 Å². The molecule has 7 heteroatoms. The van der Waals surface area contributed by atoms with Crippen molar-refractivity contribution in [1.29, 1.82) is 0 Å². The summed E-state index contributed by atoms with van der Waals surface area (Å²) in [5, 5.41) is 13.3. The van der Waals surface area contributed by atoms with Gasteiger partial charge in [0.05, 0.1) is 13.3 Å². The number of benzene rings is 1. The molecule has 19 heavy (non-hydrogen) atoms. The molecule has 0 spiro atoms. The van der Waals surface area contributed by atoms with E-state index in [-0.39, 0.29) is 17.3 Å². The van der Waals surface area contributed by atoms with Crippen molar-refractivity contribution in [1.82, 2.24) is 9.97 Å². The fourth-order valence-corrected chi connectivity index (χ4v) is 1.37. The Labute approximate surface area is 108 Å². The first kappa shape index (κ1) is 12.6. The number of nitrogens with zero attached hydrogens (tertiary/aromatic N) is 2. The molecule has 1 aromatic heterocycles. The number of aromatic hydroxyl groups is 1. The fraction of sp³-hybridized carbons (Fsp3) is 0.0833. The number of phenols is 1. The minimum Gasteiger partial charge on any atom is -0.504 e. The zero-order valence-corrected chi connectivity index (χ0v) is 10.1. The lowest BCUT2D eigenvalue weighted by molar-refractivity contribution is 0.373. The van der Waals surface area contributed by atoms with E-state index < -0.39 is 0 Å². The number of rotatable bonds is 4. The highest BCUT2D eigenvalue weighted by Gasteiger charge is 2.00. The van der Waals surface area contributed by atoms with Crippen LogP contribution in [0.3, 0.4) is 0 Å². The Kier molecular flexibility index (Phi) is 3.77. The van der Waals surface area contributed by atoms with Crippen LogP contribution in [0.25, 0.3) is 0 Å². The normalized spacial score (nSPS) is 10.6. The smallest absolute Gasteiger partial charge is 0.252 e. The minimum absolute atomic E-state index is 0.0571. The molecule has 0 atom stereocenters. The molecule has 2 aromatic rings. The third-order valence-corrected chi connectivity index (χ3v) is 2.26. The van der Waals surface area contributed by atoms with Crippen LogP contribution in [0.1, 0.15) is 5.56 Å². The number of hydrogen-bond acceptors (Lipinski definition) is 6. The average molecular weight is 260 g/mol. The molecule has 0 saturated carbocycles. The van der Waals surface area contributed by atoms with Crippen molar-refractivity contribution >= 4 is 12.2 Å². The lowest BCUT2D eigenvalue weighted by Gasteiger charge is -2.03. The van der Waals surface area contributed by atoms with Gasteiger partial charge in [-0.1, -0.05) is 0 Å². The Morgan fingerprint density at radius 1 is 1.47 bits per heavy atom. The lowest BCUT2D eigenvalue weighted by atomic mass is 10.2. The van der Waals surface area contributed by atoms with Gasteiger partial charge in [-0.3, -0.25) is 9.78 Å². The summed E-state index contributed by atoms with van der Waals surface area (Å²) in [7, 11) is 1.47. The van der Waals surface area contributed by atoms with Gasteiger partial charge in [0, 0.05) is 12.3 Å². The molecule has 7 nitrogen and oxygen atoms in total. The minimum atomic E-state index is -0.265. The topological polar surface area (TPSA) is 99.6 Å². The first-order chi connectivity index (χ1) is 9.19. The third-order valence-electron chi connectivity index (χ3n) is 2.26. The van der Waals surface area contributed by atoms with E-state index in [0.29, 0.717) is 5.75 Å². The largest absolute Gasteiger partial charge is 0.504 e. The van der Waals surface area contributed by atoms with Crippen LogP contribution in [0.15, 0.2) is 40.4 Å². The molecule has 0 aliphatic rings. The van der Waals surface area contributed by atoms with Gasteiger partial charge in [0.2, 0.25) is 5.95 Å². The molecule has 0 bridgehead atoms. The Balaban J connectivity index is 2.09. The Hall–Kier alpha value is -2.83. The summed E-state index contributed by atoms with van der Waals surface area (Å²) in [5.74, 6) is 0.659. The number of H-pyrrole nitrogens is 1. The van der Waals surface area contributed by atoms with Gasteiger partial charge in [0.1, 0.15) is 0 Å². The maximum Gasteiger partial charge on any atom is 0.252 e. The van der Waals surface area contributed by atoms with Crippen molar-refractivity contribution in [3.8, 4) is 11.5 Å². The number of aromatic amines is 1. The van der Waals surface area contributed by atoms with E-state index in [9.17, 15) is 9.90 Å². The molecule has 0 amide bonds. The summed E-state index contributed by atoms with van der Waals surface area (Å²) in [6.07, 6.45) is 2.88. The third kappa shape index (κ3) is 3.32. The molecular weight excluding hydrogens is 248 g/mol. The zero-order chi connectivity index (χ0) is 13.7. The molecule has 1 heterocycles. The molecule has 0 aliphatic carbocycles. The van der Waals surface area contributed by atoms with Gasteiger partial charge >= 0.3 is 0 Å². The average Bonchev–Trinajstić information content (AvgIpc) is 2.41. The lowest BCUT2D eigenvalue weighted by Crippen LogP contribution is -2.07. The van der Waals surface area contributed by atoms with E-state index in [1.165, 1.54) is 31.7 Å². The van der Waals surface area contributed by atoms with Crippen LogP contribution in [0, 0.1) is 0 Å². The van der Waals surface area contributed by atoms with Gasteiger partial charge < -0.3 is 9.84 Å². The van der Waals surface area contributed by atoms with Gasteiger partial charge in [0.15, 0.2) is 11.5 Å². The molecule has 3 N–H and O–H groups in total. The molecule has 0 saturated heterocycles. The number of phenolic OH excluding ortho intramolecular Hbond substituents is 1. The second-order valence-corrected chi connectivity index (χ2v) is 3.58. The highest BCUT2D eigenvalue weighted by atomic mass is 16.5. The maximum atomic E-state index is 11.0.